The number of nitrogens with one attached hydrogen (secondary N) is 2. The molecule has 2 N–H and O–H groups in total. The van der Waals surface area contributed by atoms with Gasteiger partial charge >= 0.3 is 0 Å². The van der Waals surface area contributed by atoms with Gasteiger partial charge in [0.1, 0.15) is 0 Å². The lowest BCUT2D eigenvalue weighted by Gasteiger charge is -2.28. The number of nitrogens with zero attached hydrogens (tertiary/aromatic N) is 6. The van der Waals surface area contributed by atoms with E-state index in [0.717, 1.165) is 10.2 Å². The Hall–Kier alpha value is -3.49. The molecular weight excluding hydrogens is 332 g/mol. The highest BCUT2D eigenvalue weighted by Gasteiger charge is 2.26. The second-order valence-electron chi connectivity index (χ2n) is 5.73. The third-order valence-electron chi connectivity index (χ3n) is 4.06. The number of pyridine rings is 1. The molecule has 0 saturated carbocycles. The summed E-state index contributed by atoms with van der Waals surface area (Å²) in [5.74, 6) is -0.563. The Balaban J connectivity index is 1.74. The predicted octanol–water partition coefficient (Wildman–Crippen LogP) is 1.33. The van der Waals surface area contributed by atoms with E-state index < -0.39 is 19.9 Å². The fraction of sp³-hybridized carbons (Fsp3) is 0.235. The van der Waals surface area contributed by atoms with E-state index in [9.17, 15) is 4.79 Å². The molecule has 132 valence electrons. The van der Waals surface area contributed by atoms with Crippen molar-refractivity contribution in [1.82, 2.24) is 30.3 Å². The van der Waals surface area contributed by atoms with Crippen molar-refractivity contribution in [2.75, 3.05) is 24.2 Å². The Morgan fingerprint density at radius 3 is 3.12 bits per heavy atom. The minimum Gasteiger partial charge on any atom is -0.367 e. The molecule has 0 atom stereocenters. The number of amides is 1. The first-order chi connectivity index (χ1) is 14.9. The zero-order chi connectivity index (χ0) is 23.3. The van der Waals surface area contributed by atoms with Crippen LogP contribution in [0, 0.1) is 0 Å². The molecule has 0 aromatic carbocycles. The molecule has 1 aliphatic heterocycles. The van der Waals surface area contributed by atoms with Gasteiger partial charge in [-0.3, -0.25) is 9.48 Å². The van der Waals surface area contributed by atoms with Gasteiger partial charge in [0.25, 0.3) is 5.91 Å². The summed E-state index contributed by atoms with van der Waals surface area (Å²) in [7, 11) is 1.81. The molecule has 0 unspecified atom stereocenters. The van der Waals surface area contributed by atoms with Gasteiger partial charge < -0.3 is 15.5 Å². The van der Waals surface area contributed by atoms with Crippen LogP contribution in [0.25, 0.3) is 11.3 Å². The largest absolute Gasteiger partial charge is 0.367 e. The first-order valence-corrected chi connectivity index (χ1v) is 7.65. The van der Waals surface area contributed by atoms with Gasteiger partial charge in [0.2, 0.25) is 0 Å². The Bertz CT molecular complexity index is 1190. The highest BCUT2D eigenvalue weighted by atomic mass is 16.1. The number of rotatable bonds is 3. The van der Waals surface area contributed by atoms with Gasteiger partial charge in [0.15, 0.2) is 11.5 Å². The van der Waals surface area contributed by atoms with E-state index in [1.807, 2.05) is 17.3 Å². The number of carbonyl (C=O) groups excluding carboxylic acids is 1. The number of aryl methyl sites for hydroxylation is 1. The average Bonchev–Trinajstić information content (AvgIpc) is 3.12. The van der Waals surface area contributed by atoms with Crippen LogP contribution in [0.3, 0.4) is 0 Å². The third kappa shape index (κ3) is 2.53. The molecule has 9 nitrogen and oxygen atoms in total. The van der Waals surface area contributed by atoms with Gasteiger partial charge in [-0.15, -0.1) is 5.10 Å². The smallest absolute Gasteiger partial charge is 0.273 e. The Morgan fingerprint density at radius 2 is 2.27 bits per heavy atom. The van der Waals surface area contributed by atoms with Gasteiger partial charge in [-0.1, -0.05) is 0 Å². The van der Waals surface area contributed by atoms with E-state index in [1.165, 1.54) is 24.7 Å². The summed E-state index contributed by atoms with van der Waals surface area (Å²) in [5.41, 5.74) is 2.55. The van der Waals surface area contributed by atoms with Crippen LogP contribution in [-0.2, 0) is 13.5 Å². The molecule has 1 aliphatic rings. The van der Waals surface area contributed by atoms with Crippen molar-refractivity contribution in [2.45, 2.75) is 6.54 Å². The topological polar surface area (TPSA) is 101 Å². The molecule has 4 heterocycles. The van der Waals surface area contributed by atoms with Gasteiger partial charge in [0, 0.05) is 59.3 Å². The maximum absolute atomic E-state index is 12.4. The van der Waals surface area contributed by atoms with Crippen LogP contribution >= 0.6 is 0 Å². The van der Waals surface area contributed by atoms with Crippen LogP contribution in [-0.4, -0.2) is 44.9 Å². The second kappa shape index (κ2) is 6.10. The minimum atomic E-state index is -2.69. The standard InChI is InChI=1S/C17H18N8O/c1-18-17(26)14-12(5-7-20-22-14)21-16-15-11(4-6-19-16)13-10(8-24(15)2)9-25(3)23-13/h4-7,9H,8H2,1-3H3,(H,18,26)(H,19,20,21)/i1D3,3D3. The molecule has 9 heteroatoms. The summed E-state index contributed by atoms with van der Waals surface area (Å²) in [6.07, 6.45) is 4.37. The van der Waals surface area contributed by atoms with Crippen molar-refractivity contribution in [3.05, 3.63) is 42.0 Å². The predicted molar refractivity (Wildman–Crippen MR) is 97.3 cm³/mol. The molecule has 0 saturated heterocycles. The molecule has 26 heavy (non-hydrogen) atoms. The van der Waals surface area contributed by atoms with Crippen molar-refractivity contribution in [1.29, 1.82) is 0 Å². The van der Waals surface area contributed by atoms with Crippen LogP contribution in [0.4, 0.5) is 17.2 Å². The molecule has 0 fully saturated rings. The molecule has 0 bridgehead atoms. The summed E-state index contributed by atoms with van der Waals surface area (Å²) in [6, 6.07) is 3.19. The van der Waals surface area contributed by atoms with Crippen LogP contribution in [0.2, 0.25) is 0 Å². The van der Waals surface area contributed by atoms with E-state index in [-0.39, 0.29) is 11.4 Å². The van der Waals surface area contributed by atoms with Crippen molar-refractivity contribution in [2.24, 2.45) is 6.98 Å². The van der Waals surface area contributed by atoms with E-state index in [2.05, 4.69) is 25.6 Å². The molecule has 0 radical (unpaired) electrons. The zero-order valence-corrected chi connectivity index (χ0v) is 13.7. The molecule has 0 aliphatic carbocycles. The number of fused-ring (bicyclic) bond motifs is 3. The number of hydrogen-bond acceptors (Lipinski definition) is 7. The van der Waals surface area contributed by atoms with Crippen LogP contribution < -0.4 is 15.5 Å². The monoisotopic (exact) mass is 356 g/mol. The summed E-state index contributed by atoms with van der Waals surface area (Å²) in [5, 5.41) is 16.6. The van der Waals surface area contributed by atoms with Gasteiger partial charge in [0.05, 0.1) is 23.3 Å². The summed E-state index contributed by atoms with van der Waals surface area (Å²) < 4.78 is 45.5. The SMILES string of the molecule is [2H]C([2H])([2H])NC(=O)c1nnccc1Nc1nccc2c1N(C)Cc1cn(C([2H])([2H])[2H])nc1-2. The lowest BCUT2D eigenvalue weighted by Crippen LogP contribution is -2.24. The average molecular weight is 356 g/mol. The van der Waals surface area contributed by atoms with Crippen molar-refractivity contribution < 1.29 is 13.0 Å². The van der Waals surface area contributed by atoms with Crippen LogP contribution in [0.5, 0.6) is 0 Å². The first kappa shape index (κ1) is 10.5. The van der Waals surface area contributed by atoms with Gasteiger partial charge in [-0.05, 0) is 12.1 Å². The van der Waals surface area contributed by atoms with E-state index in [0.29, 0.717) is 29.3 Å². The molecule has 1 amide bonds. The Morgan fingerprint density at radius 1 is 1.35 bits per heavy atom. The number of hydrogen-bond donors (Lipinski definition) is 2. The maximum Gasteiger partial charge on any atom is 0.273 e. The zero-order valence-electron chi connectivity index (χ0n) is 19.7. The third-order valence-corrected chi connectivity index (χ3v) is 4.06. The highest BCUT2D eigenvalue weighted by Crippen LogP contribution is 2.41. The lowest BCUT2D eigenvalue weighted by molar-refractivity contribution is 0.0958. The second-order valence-corrected chi connectivity index (χ2v) is 5.73. The molecular formula is C17H18N8O. The van der Waals surface area contributed by atoms with Crippen molar-refractivity contribution in [3.8, 4) is 11.3 Å². The fourth-order valence-electron chi connectivity index (χ4n) is 3.00. The lowest BCUT2D eigenvalue weighted by atomic mass is 10.0. The van der Waals surface area contributed by atoms with Gasteiger partial charge in [-0.2, -0.15) is 10.2 Å². The van der Waals surface area contributed by atoms with E-state index >= 15 is 0 Å². The van der Waals surface area contributed by atoms with Gasteiger partial charge in [-0.25, -0.2) is 4.98 Å². The number of aromatic nitrogens is 5. The van der Waals surface area contributed by atoms with Crippen molar-refractivity contribution >= 4 is 23.1 Å². The summed E-state index contributed by atoms with van der Waals surface area (Å²) in [4.78, 5) is 18.6. The normalized spacial score (nSPS) is 16.7. The molecule has 3 aromatic heterocycles. The van der Waals surface area contributed by atoms with Crippen LogP contribution in [0.1, 0.15) is 24.3 Å². The summed E-state index contributed by atoms with van der Waals surface area (Å²) in [6.45, 7) is -4.70. The van der Waals surface area contributed by atoms with E-state index in [1.54, 1.807) is 6.07 Å². The van der Waals surface area contributed by atoms with Crippen LogP contribution in [0.15, 0.2) is 30.7 Å². The molecule has 0 spiro atoms. The Labute approximate surface area is 158 Å². The summed E-state index contributed by atoms with van der Waals surface area (Å²) >= 11 is 0. The fourth-order valence-corrected chi connectivity index (χ4v) is 3.00. The number of anilines is 3. The van der Waals surface area contributed by atoms with Crippen molar-refractivity contribution in [3.63, 3.8) is 0 Å². The quantitative estimate of drug-likeness (QED) is 0.730. The molecule has 4 rings (SSSR count). The minimum absolute atomic E-state index is 0.204. The molecule has 3 aromatic rings. The highest BCUT2D eigenvalue weighted by molar-refractivity contribution is 5.99. The maximum atomic E-state index is 12.4. The Kier molecular flexibility index (Phi) is 2.46. The first-order valence-electron chi connectivity index (χ1n) is 10.6. The van der Waals surface area contributed by atoms with E-state index in [4.69, 9.17) is 8.22 Å². The number of carbonyl (C=O) groups is 1.